The van der Waals surface area contributed by atoms with Gasteiger partial charge in [0, 0.05) is 16.8 Å². The molecule has 2 aromatic carbocycles. The first-order valence-corrected chi connectivity index (χ1v) is 9.59. The number of halogens is 1. The number of carbonyl (C=O) groups is 1. The number of hydrogen-bond donors (Lipinski definition) is 2. The molecule has 2 N–H and O–H groups in total. The predicted molar refractivity (Wildman–Crippen MR) is 112 cm³/mol. The van der Waals surface area contributed by atoms with Crippen LogP contribution in [0.2, 0.25) is 0 Å². The van der Waals surface area contributed by atoms with E-state index >= 15 is 0 Å². The SMILES string of the molecule is CC1=Nc2ccccc2/C1=C/c1sc(=O)n(CC(=O)Nc2ccccc2F)c1O. The fourth-order valence-corrected chi connectivity index (χ4v) is 3.92. The van der Waals surface area contributed by atoms with Crippen LogP contribution in [0.1, 0.15) is 17.4 Å². The average molecular weight is 409 g/mol. The zero-order valence-corrected chi connectivity index (χ0v) is 16.2. The Balaban J connectivity index is 1.61. The van der Waals surface area contributed by atoms with E-state index in [1.807, 2.05) is 31.2 Å². The monoisotopic (exact) mass is 409 g/mol. The van der Waals surface area contributed by atoms with Crippen molar-refractivity contribution in [2.24, 2.45) is 4.99 Å². The third-order valence-corrected chi connectivity index (χ3v) is 5.41. The van der Waals surface area contributed by atoms with E-state index in [-0.39, 0.29) is 11.6 Å². The maximum Gasteiger partial charge on any atom is 0.311 e. The molecule has 0 bridgehead atoms. The van der Waals surface area contributed by atoms with Gasteiger partial charge in [0.1, 0.15) is 12.4 Å². The number of rotatable bonds is 4. The number of anilines is 1. The number of carbonyl (C=O) groups excluding carboxylic acids is 1. The standard InChI is InChI=1S/C21H16FN3O3S/c1-12-14(13-6-2-4-8-16(13)23-12)10-18-20(27)25(21(28)29-18)11-19(26)24-17-9-5-3-7-15(17)22/h2-10,27H,11H2,1H3,(H,24,26)/b14-10+. The Hall–Kier alpha value is -3.52. The highest BCUT2D eigenvalue weighted by molar-refractivity contribution is 7.10. The minimum Gasteiger partial charge on any atom is -0.493 e. The van der Waals surface area contributed by atoms with Crippen LogP contribution >= 0.6 is 11.3 Å². The first-order chi connectivity index (χ1) is 13.9. The molecule has 2 heterocycles. The van der Waals surface area contributed by atoms with E-state index in [1.165, 1.54) is 18.2 Å². The lowest BCUT2D eigenvalue weighted by atomic mass is 10.0. The van der Waals surface area contributed by atoms with Crippen LogP contribution in [0.4, 0.5) is 15.8 Å². The lowest BCUT2D eigenvalue weighted by Gasteiger charge is -2.07. The number of amides is 1. The minimum absolute atomic E-state index is 0.0111. The van der Waals surface area contributed by atoms with Gasteiger partial charge in [0.05, 0.1) is 16.3 Å². The molecule has 0 fully saturated rings. The highest BCUT2D eigenvalue weighted by Crippen LogP contribution is 2.37. The fraction of sp³-hybridized carbons (Fsp3) is 0.0952. The molecule has 1 aliphatic rings. The minimum atomic E-state index is -0.617. The molecule has 1 aliphatic heterocycles. The van der Waals surface area contributed by atoms with E-state index in [4.69, 9.17) is 0 Å². The van der Waals surface area contributed by atoms with E-state index < -0.39 is 23.1 Å². The maximum atomic E-state index is 13.7. The van der Waals surface area contributed by atoms with Crippen LogP contribution < -0.4 is 10.2 Å². The molecule has 0 spiro atoms. The molecule has 3 aromatic rings. The van der Waals surface area contributed by atoms with Gasteiger partial charge in [-0.2, -0.15) is 0 Å². The molecule has 0 atom stereocenters. The summed E-state index contributed by atoms with van der Waals surface area (Å²) < 4.78 is 14.6. The van der Waals surface area contributed by atoms with Crippen molar-refractivity contribution in [1.29, 1.82) is 0 Å². The number of nitrogens with zero attached hydrogens (tertiary/aromatic N) is 2. The second-order valence-corrected chi connectivity index (χ2v) is 7.44. The van der Waals surface area contributed by atoms with E-state index in [0.29, 0.717) is 4.88 Å². The first kappa shape index (κ1) is 18.8. The van der Waals surface area contributed by atoms with E-state index in [1.54, 1.807) is 12.1 Å². The lowest BCUT2D eigenvalue weighted by molar-refractivity contribution is -0.116. The molecule has 8 heteroatoms. The highest BCUT2D eigenvalue weighted by Gasteiger charge is 2.21. The molecule has 4 rings (SSSR count). The highest BCUT2D eigenvalue weighted by atomic mass is 32.1. The zero-order chi connectivity index (χ0) is 20.5. The number of allylic oxidation sites excluding steroid dienone is 1. The quantitative estimate of drug-likeness (QED) is 0.682. The second kappa shape index (κ2) is 7.48. The number of aromatic hydroxyl groups is 1. The predicted octanol–water partition coefficient (Wildman–Crippen LogP) is 4.04. The number of fused-ring (bicyclic) bond motifs is 1. The summed E-state index contributed by atoms with van der Waals surface area (Å²) in [5.74, 6) is -1.51. The number of hydrogen-bond acceptors (Lipinski definition) is 5. The molecular weight excluding hydrogens is 393 g/mol. The van der Waals surface area contributed by atoms with E-state index in [0.717, 1.165) is 38.4 Å². The smallest absolute Gasteiger partial charge is 0.311 e. The average Bonchev–Trinajstić information content (AvgIpc) is 3.15. The van der Waals surface area contributed by atoms with Crippen LogP contribution in [-0.4, -0.2) is 21.3 Å². The Morgan fingerprint density at radius 2 is 1.97 bits per heavy atom. The summed E-state index contributed by atoms with van der Waals surface area (Å²) in [5.41, 5.74) is 3.33. The van der Waals surface area contributed by atoms with Crippen molar-refractivity contribution in [3.05, 3.63) is 74.5 Å². The van der Waals surface area contributed by atoms with Crippen molar-refractivity contribution < 1.29 is 14.3 Å². The third-order valence-electron chi connectivity index (χ3n) is 4.49. The molecule has 0 saturated carbocycles. The van der Waals surface area contributed by atoms with Gasteiger partial charge in [-0.3, -0.25) is 19.1 Å². The van der Waals surface area contributed by atoms with Crippen molar-refractivity contribution in [2.75, 3.05) is 5.32 Å². The second-order valence-electron chi connectivity index (χ2n) is 6.44. The Morgan fingerprint density at radius 1 is 1.24 bits per heavy atom. The van der Waals surface area contributed by atoms with Crippen LogP contribution in [0.5, 0.6) is 5.88 Å². The van der Waals surface area contributed by atoms with Crippen molar-refractivity contribution in [1.82, 2.24) is 4.57 Å². The number of thiazole rings is 1. The van der Waals surface area contributed by atoms with Gasteiger partial charge in [0.15, 0.2) is 0 Å². The molecule has 0 unspecified atom stereocenters. The van der Waals surface area contributed by atoms with Crippen LogP contribution in [0.15, 0.2) is 58.3 Å². The van der Waals surface area contributed by atoms with Gasteiger partial charge in [-0.05, 0) is 31.2 Å². The summed E-state index contributed by atoms with van der Waals surface area (Å²) >= 11 is 0.828. The molecule has 1 aromatic heterocycles. The van der Waals surface area contributed by atoms with Crippen molar-refractivity contribution in [2.45, 2.75) is 13.5 Å². The van der Waals surface area contributed by atoms with E-state index in [9.17, 15) is 19.1 Å². The molecule has 1 amide bonds. The Bertz CT molecular complexity index is 1240. The summed E-state index contributed by atoms with van der Waals surface area (Å²) in [7, 11) is 0. The molecule has 29 heavy (non-hydrogen) atoms. The summed E-state index contributed by atoms with van der Waals surface area (Å²) in [6.45, 7) is 1.42. The van der Waals surface area contributed by atoms with Gasteiger partial charge in [0.2, 0.25) is 11.8 Å². The van der Waals surface area contributed by atoms with Gasteiger partial charge in [-0.25, -0.2) is 4.39 Å². The summed E-state index contributed by atoms with van der Waals surface area (Å²) in [4.78, 5) is 28.9. The Labute approximate surface area is 169 Å². The third kappa shape index (κ3) is 3.62. The zero-order valence-electron chi connectivity index (χ0n) is 15.3. The van der Waals surface area contributed by atoms with Crippen LogP contribution in [-0.2, 0) is 11.3 Å². The normalized spacial score (nSPS) is 14.0. The first-order valence-electron chi connectivity index (χ1n) is 8.78. The van der Waals surface area contributed by atoms with Crippen molar-refractivity contribution >= 4 is 46.0 Å². The van der Waals surface area contributed by atoms with Crippen LogP contribution in [0.3, 0.4) is 0 Å². The van der Waals surface area contributed by atoms with Crippen molar-refractivity contribution in [3.63, 3.8) is 0 Å². The summed E-state index contributed by atoms with van der Waals surface area (Å²) in [6.07, 6.45) is 1.69. The number of para-hydroxylation sites is 2. The Morgan fingerprint density at radius 3 is 2.76 bits per heavy atom. The molecule has 0 radical (unpaired) electrons. The van der Waals surface area contributed by atoms with Gasteiger partial charge in [-0.1, -0.05) is 41.7 Å². The van der Waals surface area contributed by atoms with Gasteiger partial charge in [-0.15, -0.1) is 0 Å². The molecular formula is C21H16FN3O3S. The largest absolute Gasteiger partial charge is 0.493 e. The number of aliphatic imine (C=N–C) groups is 1. The molecule has 0 saturated heterocycles. The van der Waals surface area contributed by atoms with Crippen LogP contribution in [0.25, 0.3) is 11.6 Å². The van der Waals surface area contributed by atoms with Gasteiger partial charge < -0.3 is 10.4 Å². The van der Waals surface area contributed by atoms with Gasteiger partial charge >= 0.3 is 4.87 Å². The molecule has 0 aliphatic carbocycles. The summed E-state index contributed by atoms with van der Waals surface area (Å²) in [5, 5.41) is 12.9. The lowest BCUT2D eigenvalue weighted by Crippen LogP contribution is -2.24. The van der Waals surface area contributed by atoms with Crippen LogP contribution in [0, 0.1) is 5.82 Å². The van der Waals surface area contributed by atoms with E-state index in [2.05, 4.69) is 10.3 Å². The maximum absolute atomic E-state index is 13.7. The molecule has 6 nitrogen and oxygen atoms in total. The Kier molecular flexibility index (Phi) is 4.85. The fourth-order valence-electron chi connectivity index (χ4n) is 3.09. The number of aromatic nitrogens is 1. The van der Waals surface area contributed by atoms with Gasteiger partial charge in [0.25, 0.3) is 0 Å². The number of benzene rings is 2. The summed E-state index contributed by atoms with van der Waals surface area (Å²) in [6, 6.07) is 13.3. The number of nitrogens with one attached hydrogen (secondary N) is 1. The van der Waals surface area contributed by atoms with Crippen molar-refractivity contribution in [3.8, 4) is 5.88 Å². The topological polar surface area (TPSA) is 83.7 Å². The molecule has 146 valence electrons.